The molecule has 0 spiro atoms. The highest BCUT2D eigenvalue weighted by Crippen LogP contribution is 2.25. The fourth-order valence-electron chi connectivity index (χ4n) is 2.29. The fourth-order valence-corrected chi connectivity index (χ4v) is 2.29. The van der Waals surface area contributed by atoms with Crippen molar-refractivity contribution in [2.45, 2.75) is 39.8 Å². The molecule has 1 atom stereocenters. The van der Waals surface area contributed by atoms with Crippen LogP contribution in [-0.2, 0) is 13.0 Å². The highest BCUT2D eigenvalue weighted by Gasteiger charge is 2.09. The molecule has 1 unspecified atom stereocenters. The van der Waals surface area contributed by atoms with Crippen LogP contribution in [-0.4, -0.2) is 5.11 Å². The summed E-state index contributed by atoms with van der Waals surface area (Å²) < 4.78 is 0. The van der Waals surface area contributed by atoms with E-state index in [0.29, 0.717) is 5.75 Å². The zero-order valence-electron chi connectivity index (χ0n) is 12.5. The first-order valence-electron chi connectivity index (χ1n) is 7.21. The third kappa shape index (κ3) is 3.61. The van der Waals surface area contributed by atoms with Crippen molar-refractivity contribution < 1.29 is 5.11 Å². The van der Waals surface area contributed by atoms with Crippen LogP contribution in [0.2, 0.25) is 0 Å². The first-order valence-corrected chi connectivity index (χ1v) is 7.21. The third-order valence-electron chi connectivity index (χ3n) is 3.70. The van der Waals surface area contributed by atoms with Crippen LogP contribution in [0, 0.1) is 6.92 Å². The Kier molecular flexibility index (Phi) is 4.80. The van der Waals surface area contributed by atoms with Crippen molar-refractivity contribution in [2.24, 2.45) is 0 Å². The van der Waals surface area contributed by atoms with Crippen molar-refractivity contribution in [3.8, 4) is 5.75 Å². The molecular weight excluding hydrogens is 246 g/mol. The number of hydrogen-bond acceptors (Lipinski definition) is 2. The van der Waals surface area contributed by atoms with Crippen molar-refractivity contribution in [1.29, 1.82) is 0 Å². The van der Waals surface area contributed by atoms with E-state index in [4.69, 9.17) is 0 Å². The molecule has 2 heteroatoms. The standard InChI is InChI=1S/C18H23NO/c1-4-15-6-8-16(9-7-15)12-19-14(3)17-10-5-13(2)11-18(17)20/h5-11,14,19-20H,4,12H2,1-3H3. The molecule has 0 aliphatic heterocycles. The van der Waals surface area contributed by atoms with Crippen molar-refractivity contribution in [3.63, 3.8) is 0 Å². The Bertz CT molecular complexity index is 560. The van der Waals surface area contributed by atoms with E-state index in [1.807, 2.05) is 25.1 Å². The number of benzene rings is 2. The van der Waals surface area contributed by atoms with Gasteiger partial charge in [-0.1, -0.05) is 43.3 Å². The lowest BCUT2D eigenvalue weighted by Crippen LogP contribution is -2.18. The van der Waals surface area contributed by atoms with Crippen LogP contribution >= 0.6 is 0 Å². The van der Waals surface area contributed by atoms with Gasteiger partial charge in [0, 0.05) is 18.2 Å². The predicted octanol–water partition coefficient (Wildman–Crippen LogP) is 4.11. The Balaban J connectivity index is 1.98. The smallest absolute Gasteiger partial charge is 0.120 e. The zero-order valence-corrected chi connectivity index (χ0v) is 12.5. The lowest BCUT2D eigenvalue weighted by Gasteiger charge is -2.16. The van der Waals surface area contributed by atoms with Crippen molar-refractivity contribution in [2.75, 3.05) is 0 Å². The quantitative estimate of drug-likeness (QED) is 0.856. The van der Waals surface area contributed by atoms with E-state index >= 15 is 0 Å². The minimum atomic E-state index is 0.126. The van der Waals surface area contributed by atoms with Gasteiger partial charge in [0.05, 0.1) is 0 Å². The Hall–Kier alpha value is -1.80. The summed E-state index contributed by atoms with van der Waals surface area (Å²) in [6.45, 7) is 7.02. The molecule has 2 rings (SSSR count). The molecule has 0 heterocycles. The van der Waals surface area contributed by atoms with Crippen molar-refractivity contribution in [3.05, 3.63) is 64.7 Å². The van der Waals surface area contributed by atoms with Gasteiger partial charge in [-0.2, -0.15) is 0 Å². The minimum Gasteiger partial charge on any atom is -0.508 e. The molecule has 0 bridgehead atoms. The topological polar surface area (TPSA) is 32.3 Å². The van der Waals surface area contributed by atoms with Gasteiger partial charge < -0.3 is 10.4 Å². The minimum absolute atomic E-state index is 0.126. The maximum atomic E-state index is 9.99. The van der Waals surface area contributed by atoms with Crippen LogP contribution in [0.4, 0.5) is 0 Å². The molecule has 20 heavy (non-hydrogen) atoms. The summed E-state index contributed by atoms with van der Waals surface area (Å²) in [5.41, 5.74) is 4.65. The highest BCUT2D eigenvalue weighted by molar-refractivity contribution is 5.37. The average molecular weight is 269 g/mol. The molecule has 0 radical (unpaired) electrons. The number of aryl methyl sites for hydroxylation is 2. The third-order valence-corrected chi connectivity index (χ3v) is 3.70. The molecule has 0 fully saturated rings. The summed E-state index contributed by atoms with van der Waals surface area (Å²) in [5.74, 6) is 0.367. The van der Waals surface area contributed by atoms with Gasteiger partial charge in [-0.25, -0.2) is 0 Å². The SMILES string of the molecule is CCc1ccc(CNC(C)c2ccc(C)cc2O)cc1. The summed E-state index contributed by atoms with van der Waals surface area (Å²) in [6.07, 6.45) is 1.07. The monoisotopic (exact) mass is 269 g/mol. The normalized spacial score (nSPS) is 12.3. The molecule has 2 N–H and O–H groups in total. The van der Waals surface area contributed by atoms with E-state index in [2.05, 4.69) is 43.4 Å². The van der Waals surface area contributed by atoms with Gasteiger partial charge in [0.15, 0.2) is 0 Å². The van der Waals surface area contributed by atoms with Gasteiger partial charge in [0.25, 0.3) is 0 Å². The van der Waals surface area contributed by atoms with E-state index < -0.39 is 0 Å². The Morgan fingerprint density at radius 2 is 1.70 bits per heavy atom. The number of hydrogen-bond donors (Lipinski definition) is 2. The van der Waals surface area contributed by atoms with Gasteiger partial charge in [0.2, 0.25) is 0 Å². The van der Waals surface area contributed by atoms with Crippen LogP contribution < -0.4 is 5.32 Å². The summed E-state index contributed by atoms with van der Waals surface area (Å²) >= 11 is 0. The summed E-state index contributed by atoms with van der Waals surface area (Å²) in [4.78, 5) is 0. The second-order valence-corrected chi connectivity index (χ2v) is 5.33. The number of phenolic OH excluding ortho intramolecular Hbond substituents is 1. The Morgan fingerprint density at radius 3 is 2.30 bits per heavy atom. The van der Waals surface area contributed by atoms with Crippen molar-refractivity contribution >= 4 is 0 Å². The van der Waals surface area contributed by atoms with Gasteiger partial charge in [-0.05, 0) is 43.0 Å². The molecule has 0 aromatic heterocycles. The van der Waals surface area contributed by atoms with E-state index in [-0.39, 0.29) is 6.04 Å². The Morgan fingerprint density at radius 1 is 1.05 bits per heavy atom. The number of phenols is 1. The largest absolute Gasteiger partial charge is 0.508 e. The van der Waals surface area contributed by atoms with Crippen LogP contribution in [0.25, 0.3) is 0 Å². The molecule has 0 saturated carbocycles. The lowest BCUT2D eigenvalue weighted by molar-refractivity contribution is 0.452. The highest BCUT2D eigenvalue weighted by atomic mass is 16.3. The van der Waals surface area contributed by atoms with E-state index in [1.54, 1.807) is 0 Å². The van der Waals surface area contributed by atoms with Gasteiger partial charge in [0.1, 0.15) is 5.75 Å². The van der Waals surface area contributed by atoms with Gasteiger partial charge in [-0.15, -0.1) is 0 Å². The number of rotatable bonds is 5. The van der Waals surface area contributed by atoms with Crippen LogP contribution in [0.5, 0.6) is 5.75 Å². The van der Waals surface area contributed by atoms with Gasteiger partial charge >= 0.3 is 0 Å². The molecule has 0 saturated heterocycles. The van der Waals surface area contributed by atoms with Crippen molar-refractivity contribution in [1.82, 2.24) is 5.32 Å². The zero-order chi connectivity index (χ0) is 14.5. The number of nitrogens with one attached hydrogen (secondary N) is 1. The summed E-state index contributed by atoms with van der Waals surface area (Å²) in [6, 6.07) is 14.6. The number of aromatic hydroxyl groups is 1. The Labute approximate surface area is 121 Å². The van der Waals surface area contributed by atoms with E-state index in [0.717, 1.165) is 24.1 Å². The second kappa shape index (κ2) is 6.58. The molecule has 0 aliphatic carbocycles. The first kappa shape index (κ1) is 14.6. The molecule has 0 amide bonds. The maximum Gasteiger partial charge on any atom is 0.120 e. The predicted molar refractivity (Wildman–Crippen MR) is 83.9 cm³/mol. The average Bonchev–Trinajstić information content (AvgIpc) is 2.45. The van der Waals surface area contributed by atoms with Crippen LogP contribution in [0.1, 0.15) is 42.1 Å². The molecule has 2 aromatic carbocycles. The van der Waals surface area contributed by atoms with Crippen LogP contribution in [0.15, 0.2) is 42.5 Å². The molecule has 2 nitrogen and oxygen atoms in total. The van der Waals surface area contributed by atoms with E-state index in [9.17, 15) is 5.11 Å². The first-order chi connectivity index (χ1) is 9.60. The summed E-state index contributed by atoms with van der Waals surface area (Å²) in [7, 11) is 0. The molecule has 106 valence electrons. The second-order valence-electron chi connectivity index (χ2n) is 5.33. The van der Waals surface area contributed by atoms with Gasteiger partial charge in [-0.3, -0.25) is 0 Å². The fraction of sp³-hybridized carbons (Fsp3) is 0.333. The maximum absolute atomic E-state index is 9.99. The summed E-state index contributed by atoms with van der Waals surface area (Å²) in [5, 5.41) is 13.4. The van der Waals surface area contributed by atoms with Crippen LogP contribution in [0.3, 0.4) is 0 Å². The van der Waals surface area contributed by atoms with E-state index in [1.165, 1.54) is 11.1 Å². The lowest BCUT2D eigenvalue weighted by atomic mass is 10.0. The molecule has 0 aliphatic rings. The molecule has 2 aromatic rings. The molecular formula is C18H23NO.